The van der Waals surface area contributed by atoms with Gasteiger partial charge in [-0.1, -0.05) is 23.6 Å². The van der Waals surface area contributed by atoms with Crippen LogP contribution in [0.25, 0.3) is 0 Å². The maximum absolute atomic E-state index is 12.2. The Bertz CT molecular complexity index is 1100. The largest absolute Gasteiger partial charge is 0.456 e. The Kier molecular flexibility index (Phi) is 5.81. The summed E-state index contributed by atoms with van der Waals surface area (Å²) in [5, 5.41) is 14.7. The van der Waals surface area contributed by atoms with Crippen molar-refractivity contribution in [1.29, 1.82) is 5.26 Å². The average Bonchev–Trinajstić information content (AvgIpc) is 2.71. The highest BCUT2D eigenvalue weighted by Gasteiger charge is 2.08. The van der Waals surface area contributed by atoms with Crippen molar-refractivity contribution in [2.45, 2.75) is 0 Å². The Hall–Kier alpha value is -3.93. The number of carbonyl (C=O) groups excluding carboxylic acids is 1. The Morgan fingerprint density at radius 3 is 2.36 bits per heavy atom. The van der Waals surface area contributed by atoms with Gasteiger partial charge in [-0.15, -0.1) is 6.42 Å². The first-order valence-corrected chi connectivity index (χ1v) is 8.57. The van der Waals surface area contributed by atoms with Gasteiger partial charge in [-0.25, -0.2) is 4.79 Å². The zero-order valence-electron chi connectivity index (χ0n) is 14.6. The van der Waals surface area contributed by atoms with Crippen molar-refractivity contribution in [3.63, 3.8) is 0 Å². The van der Waals surface area contributed by atoms with Gasteiger partial charge in [0.25, 0.3) is 0 Å². The quantitative estimate of drug-likeness (QED) is 0.570. The summed E-state index contributed by atoms with van der Waals surface area (Å²) in [6.07, 6.45) is 5.36. The van der Waals surface area contributed by atoms with Crippen molar-refractivity contribution in [2.75, 3.05) is 10.6 Å². The minimum Gasteiger partial charge on any atom is -0.456 e. The molecular formula is C22H14ClN3O2. The molecule has 2 amide bonds. The molecular weight excluding hydrogens is 374 g/mol. The monoisotopic (exact) mass is 387 g/mol. The number of urea groups is 1. The molecule has 0 saturated carbocycles. The lowest BCUT2D eigenvalue weighted by molar-refractivity contribution is 0.262. The lowest BCUT2D eigenvalue weighted by Crippen LogP contribution is -2.19. The molecule has 0 atom stereocenters. The molecule has 0 spiro atoms. The number of hydrogen-bond acceptors (Lipinski definition) is 3. The Labute approximate surface area is 167 Å². The van der Waals surface area contributed by atoms with Gasteiger partial charge in [0.2, 0.25) is 0 Å². The van der Waals surface area contributed by atoms with Gasteiger partial charge in [-0.2, -0.15) is 5.26 Å². The van der Waals surface area contributed by atoms with Crippen molar-refractivity contribution in [2.24, 2.45) is 0 Å². The molecule has 0 aliphatic heterocycles. The predicted octanol–water partition coefficient (Wildman–Crippen LogP) is 5.63. The standard InChI is InChI=1S/C22H14ClN3O2/c1-2-15-4-3-5-17(12-15)25-22(27)26-18-8-11-20(23)21(13-18)28-19-9-6-16(14-24)7-10-19/h1,3-13H,(H2,25,26,27). The molecule has 28 heavy (non-hydrogen) atoms. The normalized spacial score (nSPS) is 9.68. The maximum atomic E-state index is 12.2. The van der Waals surface area contributed by atoms with E-state index in [9.17, 15) is 4.79 Å². The molecule has 2 N–H and O–H groups in total. The van der Waals surface area contributed by atoms with Gasteiger partial charge in [0, 0.05) is 23.0 Å². The van der Waals surface area contributed by atoms with Crippen LogP contribution in [0.1, 0.15) is 11.1 Å². The van der Waals surface area contributed by atoms with Crippen LogP contribution >= 0.6 is 11.6 Å². The number of rotatable bonds is 4. The third kappa shape index (κ3) is 4.82. The highest BCUT2D eigenvalue weighted by Crippen LogP contribution is 2.32. The summed E-state index contributed by atoms with van der Waals surface area (Å²) in [5.74, 6) is 3.41. The second-order valence-corrected chi connectivity index (χ2v) is 6.09. The Balaban J connectivity index is 1.70. The van der Waals surface area contributed by atoms with Crippen molar-refractivity contribution in [3.05, 3.63) is 82.9 Å². The Morgan fingerprint density at radius 2 is 1.68 bits per heavy atom. The van der Waals surface area contributed by atoms with Crippen molar-refractivity contribution >= 4 is 29.0 Å². The molecule has 3 aromatic rings. The van der Waals surface area contributed by atoms with E-state index in [1.807, 2.05) is 6.07 Å². The first-order valence-electron chi connectivity index (χ1n) is 8.19. The second kappa shape index (κ2) is 8.64. The van der Waals surface area contributed by atoms with E-state index in [1.165, 1.54) is 0 Å². The zero-order chi connectivity index (χ0) is 19.9. The van der Waals surface area contributed by atoms with E-state index in [4.69, 9.17) is 28.0 Å². The van der Waals surface area contributed by atoms with Gasteiger partial charge < -0.3 is 15.4 Å². The van der Waals surface area contributed by atoms with Crippen LogP contribution in [0.2, 0.25) is 5.02 Å². The Morgan fingerprint density at radius 1 is 0.964 bits per heavy atom. The van der Waals surface area contributed by atoms with Crippen molar-refractivity contribution < 1.29 is 9.53 Å². The number of carbonyl (C=O) groups is 1. The van der Waals surface area contributed by atoms with Crippen LogP contribution in [-0.2, 0) is 0 Å². The fourth-order valence-electron chi connectivity index (χ4n) is 2.36. The summed E-state index contributed by atoms with van der Waals surface area (Å²) in [6, 6.07) is 20.1. The van der Waals surface area contributed by atoms with Gasteiger partial charge in [0.1, 0.15) is 11.5 Å². The molecule has 136 valence electrons. The molecule has 3 rings (SSSR count). The number of anilines is 2. The minimum absolute atomic E-state index is 0.374. The summed E-state index contributed by atoms with van der Waals surface area (Å²) in [6.45, 7) is 0. The molecule has 0 aromatic heterocycles. The van der Waals surface area contributed by atoms with Crippen LogP contribution < -0.4 is 15.4 Å². The average molecular weight is 388 g/mol. The zero-order valence-corrected chi connectivity index (χ0v) is 15.3. The number of nitrogens with one attached hydrogen (secondary N) is 2. The van der Waals surface area contributed by atoms with E-state index in [2.05, 4.69) is 16.6 Å². The number of nitrogens with zero attached hydrogens (tertiary/aromatic N) is 1. The first kappa shape index (κ1) is 18.8. The van der Waals surface area contributed by atoms with Crippen LogP contribution in [0.5, 0.6) is 11.5 Å². The third-order valence-corrected chi connectivity index (χ3v) is 4.00. The fraction of sp³-hybridized carbons (Fsp3) is 0. The van der Waals surface area contributed by atoms with E-state index in [1.54, 1.807) is 66.7 Å². The molecule has 0 aliphatic rings. The number of amides is 2. The van der Waals surface area contributed by atoms with E-state index in [0.717, 1.165) is 0 Å². The summed E-state index contributed by atoms with van der Waals surface area (Å²) in [5.41, 5.74) is 2.27. The highest BCUT2D eigenvalue weighted by molar-refractivity contribution is 6.32. The van der Waals surface area contributed by atoms with E-state index in [0.29, 0.717) is 39.0 Å². The lowest BCUT2D eigenvalue weighted by atomic mass is 10.2. The SMILES string of the molecule is C#Cc1cccc(NC(=O)Nc2ccc(Cl)c(Oc3ccc(C#N)cc3)c2)c1. The number of halogens is 1. The number of hydrogen-bond donors (Lipinski definition) is 2. The number of terminal acetylenes is 1. The molecule has 0 saturated heterocycles. The van der Waals surface area contributed by atoms with Crippen LogP contribution in [-0.4, -0.2) is 6.03 Å². The van der Waals surface area contributed by atoms with Crippen LogP contribution in [0.4, 0.5) is 16.2 Å². The van der Waals surface area contributed by atoms with Crippen molar-refractivity contribution in [1.82, 2.24) is 0 Å². The van der Waals surface area contributed by atoms with Crippen LogP contribution in [0.15, 0.2) is 66.7 Å². The van der Waals surface area contributed by atoms with Gasteiger partial charge in [-0.05, 0) is 54.6 Å². The third-order valence-electron chi connectivity index (χ3n) is 3.69. The first-order chi connectivity index (χ1) is 13.6. The minimum atomic E-state index is -0.430. The van der Waals surface area contributed by atoms with Gasteiger partial charge in [0.05, 0.1) is 16.7 Å². The van der Waals surface area contributed by atoms with Crippen molar-refractivity contribution in [3.8, 4) is 29.9 Å². The molecule has 0 aliphatic carbocycles. The lowest BCUT2D eigenvalue weighted by Gasteiger charge is -2.11. The number of nitriles is 1. The molecule has 0 unspecified atom stereocenters. The molecule has 0 fully saturated rings. The molecule has 3 aromatic carbocycles. The van der Waals surface area contributed by atoms with E-state index < -0.39 is 6.03 Å². The summed E-state index contributed by atoms with van der Waals surface area (Å²) < 4.78 is 5.74. The van der Waals surface area contributed by atoms with Crippen LogP contribution in [0, 0.1) is 23.7 Å². The van der Waals surface area contributed by atoms with Gasteiger partial charge in [0.15, 0.2) is 0 Å². The van der Waals surface area contributed by atoms with Gasteiger partial charge in [-0.3, -0.25) is 0 Å². The second-order valence-electron chi connectivity index (χ2n) is 5.69. The number of ether oxygens (including phenoxy) is 1. The molecule has 0 radical (unpaired) electrons. The summed E-state index contributed by atoms with van der Waals surface area (Å²) in [7, 11) is 0. The highest BCUT2D eigenvalue weighted by atomic mass is 35.5. The molecule has 0 heterocycles. The smallest absolute Gasteiger partial charge is 0.323 e. The van der Waals surface area contributed by atoms with Crippen LogP contribution in [0.3, 0.4) is 0 Å². The summed E-state index contributed by atoms with van der Waals surface area (Å²) >= 11 is 6.18. The predicted molar refractivity (Wildman–Crippen MR) is 110 cm³/mol. The van der Waals surface area contributed by atoms with E-state index >= 15 is 0 Å². The topological polar surface area (TPSA) is 74.2 Å². The number of benzene rings is 3. The summed E-state index contributed by atoms with van der Waals surface area (Å²) in [4.78, 5) is 12.2. The fourth-order valence-corrected chi connectivity index (χ4v) is 2.52. The molecule has 0 bridgehead atoms. The molecule has 5 nitrogen and oxygen atoms in total. The molecule has 6 heteroatoms. The van der Waals surface area contributed by atoms with Gasteiger partial charge >= 0.3 is 6.03 Å². The van der Waals surface area contributed by atoms with E-state index in [-0.39, 0.29) is 0 Å². The maximum Gasteiger partial charge on any atom is 0.323 e.